The lowest BCUT2D eigenvalue weighted by molar-refractivity contribution is 0.129. The molecule has 1 fully saturated rings. The van der Waals surface area contributed by atoms with Gasteiger partial charge in [-0.2, -0.15) is 0 Å². The molecule has 0 radical (unpaired) electrons. The number of nitrogens with two attached hydrogens (primary N) is 1. The van der Waals surface area contributed by atoms with Gasteiger partial charge < -0.3 is 10.5 Å². The average Bonchev–Trinajstić information content (AvgIpc) is 2.78. The van der Waals surface area contributed by atoms with E-state index in [1.165, 1.54) is 23.3 Å². The van der Waals surface area contributed by atoms with Crippen molar-refractivity contribution in [2.75, 3.05) is 12.4 Å². The summed E-state index contributed by atoms with van der Waals surface area (Å²) in [5.41, 5.74) is 6.82. The van der Waals surface area contributed by atoms with E-state index in [0.717, 1.165) is 16.8 Å². The Labute approximate surface area is 109 Å². The molecule has 16 heavy (non-hydrogen) atoms. The molecule has 1 unspecified atom stereocenters. The lowest BCUT2D eigenvalue weighted by Gasteiger charge is -2.09. The highest BCUT2D eigenvalue weighted by molar-refractivity contribution is 9.10. The maximum Gasteiger partial charge on any atom is 0.0669 e. The van der Waals surface area contributed by atoms with Gasteiger partial charge in [0.1, 0.15) is 0 Å². The number of hydrogen-bond donors (Lipinski definition) is 1. The lowest BCUT2D eigenvalue weighted by Crippen LogP contribution is -2.07. The minimum atomic E-state index is 0.435. The fraction of sp³-hybridized carbons (Fsp3) is 0.500. The van der Waals surface area contributed by atoms with Crippen LogP contribution in [0.1, 0.15) is 18.4 Å². The minimum absolute atomic E-state index is 0.435. The normalized spacial score (nSPS) is 20.2. The van der Waals surface area contributed by atoms with E-state index < -0.39 is 0 Å². The summed E-state index contributed by atoms with van der Waals surface area (Å²) in [4.78, 5) is 1.27. The van der Waals surface area contributed by atoms with Crippen molar-refractivity contribution in [2.24, 2.45) is 5.73 Å². The molecule has 0 amide bonds. The van der Waals surface area contributed by atoms with Crippen LogP contribution in [0.15, 0.2) is 27.6 Å². The molecule has 0 bridgehead atoms. The van der Waals surface area contributed by atoms with Gasteiger partial charge in [-0.15, -0.1) is 11.8 Å². The van der Waals surface area contributed by atoms with E-state index >= 15 is 0 Å². The van der Waals surface area contributed by atoms with Crippen LogP contribution in [0.2, 0.25) is 0 Å². The topological polar surface area (TPSA) is 35.2 Å². The zero-order chi connectivity index (χ0) is 11.4. The molecule has 0 saturated carbocycles. The van der Waals surface area contributed by atoms with Crippen LogP contribution >= 0.6 is 27.7 Å². The average molecular weight is 302 g/mol. The van der Waals surface area contributed by atoms with Gasteiger partial charge in [0.25, 0.3) is 0 Å². The van der Waals surface area contributed by atoms with E-state index in [4.69, 9.17) is 10.5 Å². The zero-order valence-electron chi connectivity index (χ0n) is 9.12. The first-order chi connectivity index (χ1) is 7.78. The third-order valence-electron chi connectivity index (χ3n) is 2.63. The second-order valence-electron chi connectivity index (χ2n) is 3.95. The molecule has 1 heterocycles. The van der Waals surface area contributed by atoms with Crippen molar-refractivity contribution in [2.45, 2.75) is 30.4 Å². The Morgan fingerprint density at radius 1 is 1.44 bits per heavy atom. The Morgan fingerprint density at radius 2 is 2.31 bits per heavy atom. The number of thioether (sulfide) groups is 1. The van der Waals surface area contributed by atoms with E-state index in [1.54, 1.807) is 0 Å². The minimum Gasteiger partial charge on any atom is -0.377 e. The van der Waals surface area contributed by atoms with Gasteiger partial charge in [-0.3, -0.25) is 0 Å². The molecule has 2 N–H and O–H groups in total. The first kappa shape index (κ1) is 12.4. The van der Waals surface area contributed by atoms with Crippen molar-refractivity contribution in [3.63, 3.8) is 0 Å². The molecule has 1 aromatic rings. The van der Waals surface area contributed by atoms with Gasteiger partial charge in [0.2, 0.25) is 0 Å². The second kappa shape index (κ2) is 6.05. The number of benzene rings is 1. The van der Waals surface area contributed by atoms with Gasteiger partial charge in [0.05, 0.1) is 6.10 Å². The molecule has 0 aliphatic carbocycles. The number of halogens is 1. The van der Waals surface area contributed by atoms with E-state index in [1.807, 2.05) is 11.8 Å². The third-order valence-corrected chi connectivity index (χ3v) is 4.19. The van der Waals surface area contributed by atoms with Gasteiger partial charge in [-0.1, -0.05) is 15.9 Å². The summed E-state index contributed by atoms with van der Waals surface area (Å²) in [7, 11) is 0. The highest BCUT2D eigenvalue weighted by Gasteiger charge is 2.15. The molecular formula is C12H16BrNOS. The number of rotatable bonds is 4. The maximum atomic E-state index is 5.65. The summed E-state index contributed by atoms with van der Waals surface area (Å²) < 4.78 is 6.71. The lowest BCUT2D eigenvalue weighted by atomic mass is 10.2. The SMILES string of the molecule is NCc1cc(Br)cc(SCC2CCCO2)c1. The van der Waals surface area contributed by atoms with Crippen molar-refractivity contribution in [1.82, 2.24) is 0 Å². The Hall–Kier alpha value is -0.0300. The van der Waals surface area contributed by atoms with Crippen LogP contribution in [0.3, 0.4) is 0 Å². The van der Waals surface area contributed by atoms with Crippen LogP contribution in [0.25, 0.3) is 0 Å². The molecular weight excluding hydrogens is 286 g/mol. The second-order valence-corrected chi connectivity index (χ2v) is 5.95. The summed E-state index contributed by atoms with van der Waals surface area (Å²) in [5, 5.41) is 0. The van der Waals surface area contributed by atoms with Crippen LogP contribution in [0.4, 0.5) is 0 Å². The standard InChI is InChI=1S/C12H16BrNOS/c13-10-4-9(7-14)5-12(6-10)16-8-11-2-1-3-15-11/h4-6,11H,1-3,7-8,14H2. The van der Waals surface area contributed by atoms with Crippen LogP contribution in [0, 0.1) is 0 Å². The quantitative estimate of drug-likeness (QED) is 0.868. The number of hydrogen-bond acceptors (Lipinski definition) is 3. The van der Waals surface area contributed by atoms with Crippen molar-refractivity contribution in [1.29, 1.82) is 0 Å². The zero-order valence-corrected chi connectivity index (χ0v) is 11.5. The van der Waals surface area contributed by atoms with E-state index in [-0.39, 0.29) is 0 Å². The summed E-state index contributed by atoms with van der Waals surface area (Å²) >= 11 is 5.36. The smallest absolute Gasteiger partial charge is 0.0669 e. The largest absolute Gasteiger partial charge is 0.377 e. The Balaban J connectivity index is 1.94. The molecule has 1 aromatic carbocycles. The molecule has 0 aromatic heterocycles. The molecule has 88 valence electrons. The highest BCUT2D eigenvalue weighted by atomic mass is 79.9. The fourth-order valence-corrected chi connectivity index (χ4v) is 3.57. The first-order valence-corrected chi connectivity index (χ1v) is 7.30. The molecule has 1 saturated heterocycles. The van der Waals surface area contributed by atoms with Crippen LogP contribution < -0.4 is 5.73 Å². The highest BCUT2D eigenvalue weighted by Crippen LogP contribution is 2.27. The van der Waals surface area contributed by atoms with E-state index in [9.17, 15) is 0 Å². The van der Waals surface area contributed by atoms with Crippen molar-refractivity contribution in [3.05, 3.63) is 28.2 Å². The number of ether oxygens (including phenoxy) is 1. The first-order valence-electron chi connectivity index (χ1n) is 5.52. The molecule has 2 nitrogen and oxygen atoms in total. The monoisotopic (exact) mass is 301 g/mol. The van der Waals surface area contributed by atoms with Gasteiger partial charge in [0, 0.05) is 28.3 Å². The van der Waals surface area contributed by atoms with Gasteiger partial charge in [-0.25, -0.2) is 0 Å². The molecule has 1 aliphatic heterocycles. The van der Waals surface area contributed by atoms with Crippen molar-refractivity contribution in [3.8, 4) is 0 Å². The van der Waals surface area contributed by atoms with Crippen molar-refractivity contribution < 1.29 is 4.74 Å². The summed E-state index contributed by atoms with van der Waals surface area (Å²) in [6.45, 7) is 1.52. The van der Waals surface area contributed by atoms with Crippen LogP contribution in [-0.2, 0) is 11.3 Å². The van der Waals surface area contributed by atoms with Crippen LogP contribution in [0.5, 0.6) is 0 Å². The summed E-state index contributed by atoms with van der Waals surface area (Å²) in [6.07, 6.45) is 2.84. The van der Waals surface area contributed by atoms with Crippen molar-refractivity contribution >= 4 is 27.7 Å². The third kappa shape index (κ3) is 3.48. The predicted octanol–water partition coefficient (Wildman–Crippen LogP) is 3.18. The molecule has 1 aliphatic rings. The Morgan fingerprint density at radius 3 is 3.00 bits per heavy atom. The van der Waals surface area contributed by atoms with E-state index in [0.29, 0.717) is 12.6 Å². The molecule has 1 atom stereocenters. The molecule has 0 spiro atoms. The molecule has 4 heteroatoms. The van der Waals surface area contributed by atoms with Gasteiger partial charge in [-0.05, 0) is 36.6 Å². The Kier molecular flexibility index (Phi) is 4.70. The van der Waals surface area contributed by atoms with E-state index in [2.05, 4.69) is 34.1 Å². The summed E-state index contributed by atoms with van der Waals surface area (Å²) in [5.74, 6) is 1.04. The van der Waals surface area contributed by atoms with Crippen LogP contribution in [-0.4, -0.2) is 18.5 Å². The predicted molar refractivity (Wildman–Crippen MR) is 71.7 cm³/mol. The summed E-state index contributed by atoms with van der Waals surface area (Å²) in [6, 6.07) is 6.36. The maximum absolute atomic E-state index is 5.65. The Bertz CT molecular complexity index is 353. The van der Waals surface area contributed by atoms with Gasteiger partial charge in [0.15, 0.2) is 0 Å². The fourth-order valence-electron chi connectivity index (χ4n) is 1.79. The molecule has 2 rings (SSSR count). The van der Waals surface area contributed by atoms with Gasteiger partial charge >= 0.3 is 0 Å².